The molecule has 0 aromatic heterocycles. The van der Waals surface area contributed by atoms with Crippen molar-refractivity contribution in [3.8, 4) is 0 Å². The van der Waals surface area contributed by atoms with Crippen molar-refractivity contribution in [2.75, 3.05) is 23.9 Å². The number of primary sulfonamides is 1. The van der Waals surface area contributed by atoms with Crippen molar-refractivity contribution in [2.24, 2.45) is 5.14 Å². The van der Waals surface area contributed by atoms with Crippen molar-refractivity contribution in [3.63, 3.8) is 0 Å². The Kier molecular flexibility index (Phi) is 7.16. The monoisotopic (exact) mass is 475 g/mol. The van der Waals surface area contributed by atoms with Crippen molar-refractivity contribution in [3.05, 3.63) is 17.2 Å². The Labute approximate surface area is 163 Å². The highest BCUT2D eigenvalue weighted by Crippen LogP contribution is 2.37. The van der Waals surface area contributed by atoms with Crippen molar-refractivity contribution in [1.82, 2.24) is 4.31 Å². The molecule has 1 atom stereocenters. The molecule has 7 nitrogen and oxygen atoms in total. The molecule has 1 aliphatic heterocycles. The average molecular weight is 476 g/mol. The topological polar surface area (TPSA) is 110 Å². The van der Waals surface area contributed by atoms with Gasteiger partial charge < -0.3 is 5.32 Å². The number of alkyl halides is 3. The van der Waals surface area contributed by atoms with Crippen LogP contribution in [0.4, 0.5) is 18.9 Å². The Hall–Kier alpha value is -0.440. The fourth-order valence-electron chi connectivity index (χ4n) is 2.10. The molecule has 0 bridgehead atoms. The Morgan fingerprint density at radius 3 is 2.46 bits per heavy atom. The molecule has 0 spiro atoms. The second-order valence-corrected chi connectivity index (χ2v) is 10.1. The van der Waals surface area contributed by atoms with E-state index in [1.54, 1.807) is 0 Å². The molecule has 1 unspecified atom stereocenters. The summed E-state index contributed by atoms with van der Waals surface area (Å²) in [6.07, 6.45) is -5.33. The van der Waals surface area contributed by atoms with Crippen LogP contribution in [0.1, 0.15) is 0 Å². The molecule has 1 aliphatic rings. The molecule has 0 saturated carbocycles. The van der Waals surface area contributed by atoms with E-state index in [-0.39, 0.29) is 33.8 Å². The number of fused-ring (bicyclic) bond motifs is 1. The second kappa shape index (κ2) is 7.89. The van der Waals surface area contributed by atoms with Gasteiger partial charge in [-0.25, -0.2) is 22.0 Å². The number of anilines is 1. The van der Waals surface area contributed by atoms with Gasteiger partial charge in [0.2, 0.25) is 20.0 Å². The number of sulfonamides is 2. The molecule has 0 aliphatic carbocycles. The van der Waals surface area contributed by atoms with Crippen molar-refractivity contribution < 1.29 is 30.0 Å². The summed E-state index contributed by atoms with van der Waals surface area (Å²) >= 11 is 6.34. The van der Waals surface area contributed by atoms with Gasteiger partial charge in [-0.15, -0.1) is 24.2 Å². The number of thioether (sulfide) groups is 1. The first-order valence-electron chi connectivity index (χ1n) is 6.49. The number of halogens is 5. The van der Waals surface area contributed by atoms with Gasteiger partial charge in [0.15, 0.2) is 0 Å². The smallest absolute Gasteiger partial charge is 0.367 e. The lowest BCUT2D eigenvalue weighted by atomic mass is 10.3. The first kappa shape index (κ1) is 23.6. The third-order valence-electron chi connectivity index (χ3n) is 3.30. The number of benzene rings is 1. The molecule has 0 saturated heterocycles. The second-order valence-electron chi connectivity index (χ2n) is 5.14. The van der Waals surface area contributed by atoms with Crippen LogP contribution in [0.25, 0.3) is 0 Å². The van der Waals surface area contributed by atoms with Crippen molar-refractivity contribution >= 4 is 61.5 Å². The number of nitrogens with one attached hydrogen (secondary N) is 1. The largest absolute Gasteiger partial charge is 0.397 e. The molecular formula is C11H14Cl2F3N3O4S3. The van der Waals surface area contributed by atoms with Crippen LogP contribution < -0.4 is 10.5 Å². The summed E-state index contributed by atoms with van der Waals surface area (Å²) in [7, 11) is -7.21. The normalized spacial score (nSPS) is 20.0. The SMILES string of the molecule is CN1C(CSCC(F)(F)F)Nc2cc(Cl)c(S(N)(=O)=O)cc2S1(=O)=O.Cl. The van der Waals surface area contributed by atoms with Crippen LogP contribution in [-0.2, 0) is 20.0 Å². The standard InChI is InChI=1S/C11H13ClF3N3O4S3.ClH/c1-18-10(4-23-5-11(13,14)15)17-7-2-6(12)8(24(16,19)20)3-9(7)25(18,21)22;/h2-3,10,17H,4-5H2,1H3,(H2,16,19,20);1H. The molecule has 2 rings (SSSR count). The van der Waals surface area contributed by atoms with Gasteiger partial charge in [-0.2, -0.15) is 17.5 Å². The molecule has 1 aromatic rings. The number of hydrogen-bond donors (Lipinski definition) is 2. The molecule has 3 N–H and O–H groups in total. The predicted molar refractivity (Wildman–Crippen MR) is 95.8 cm³/mol. The first-order valence-corrected chi connectivity index (χ1v) is 11.0. The lowest BCUT2D eigenvalue weighted by Gasteiger charge is -2.35. The van der Waals surface area contributed by atoms with Crippen LogP contribution in [0.2, 0.25) is 5.02 Å². The van der Waals surface area contributed by atoms with Crippen LogP contribution in [0.15, 0.2) is 21.9 Å². The van der Waals surface area contributed by atoms with Gasteiger partial charge >= 0.3 is 6.18 Å². The molecule has 150 valence electrons. The minimum Gasteiger partial charge on any atom is -0.367 e. The maximum atomic E-state index is 12.5. The summed E-state index contributed by atoms with van der Waals surface area (Å²) in [6, 6.07) is 1.90. The number of hydrogen-bond acceptors (Lipinski definition) is 6. The third kappa shape index (κ3) is 5.09. The number of nitrogens with zero attached hydrogens (tertiary/aromatic N) is 1. The zero-order chi connectivity index (χ0) is 19.2. The van der Waals surface area contributed by atoms with Crippen LogP contribution in [0.3, 0.4) is 0 Å². The molecule has 26 heavy (non-hydrogen) atoms. The molecule has 1 heterocycles. The summed E-state index contributed by atoms with van der Waals surface area (Å²) in [5.74, 6) is -1.31. The molecule has 0 amide bonds. The van der Waals surface area contributed by atoms with Crippen LogP contribution in [0, 0.1) is 0 Å². The van der Waals surface area contributed by atoms with E-state index in [1.165, 1.54) is 7.05 Å². The van der Waals surface area contributed by atoms with E-state index < -0.39 is 43.0 Å². The number of nitrogens with two attached hydrogens (primary N) is 1. The van der Waals surface area contributed by atoms with Gasteiger partial charge in [0.25, 0.3) is 0 Å². The van der Waals surface area contributed by atoms with Crippen LogP contribution in [-0.4, -0.2) is 52.0 Å². The average Bonchev–Trinajstić information content (AvgIpc) is 2.41. The van der Waals surface area contributed by atoms with Gasteiger partial charge in [0.1, 0.15) is 16.0 Å². The molecule has 0 fully saturated rings. The fourth-order valence-corrected chi connectivity index (χ4v) is 5.69. The Balaban J connectivity index is 0.00000338. The minimum absolute atomic E-state index is 0. The summed E-state index contributed by atoms with van der Waals surface area (Å²) in [4.78, 5) is -0.933. The third-order valence-corrected chi connectivity index (χ3v) is 7.66. The summed E-state index contributed by atoms with van der Waals surface area (Å²) in [5.41, 5.74) is -0.00638. The Morgan fingerprint density at radius 1 is 1.38 bits per heavy atom. The number of rotatable bonds is 4. The molecular weight excluding hydrogens is 462 g/mol. The predicted octanol–water partition coefficient (Wildman–Crippen LogP) is 2.08. The van der Waals surface area contributed by atoms with E-state index in [2.05, 4.69) is 5.32 Å². The van der Waals surface area contributed by atoms with Crippen molar-refractivity contribution in [1.29, 1.82) is 0 Å². The lowest BCUT2D eigenvalue weighted by molar-refractivity contribution is -0.105. The van der Waals surface area contributed by atoms with E-state index in [4.69, 9.17) is 16.7 Å². The van der Waals surface area contributed by atoms with Crippen molar-refractivity contribution in [2.45, 2.75) is 22.1 Å². The van der Waals surface area contributed by atoms with Crippen LogP contribution in [0.5, 0.6) is 0 Å². The van der Waals surface area contributed by atoms with Gasteiger partial charge in [-0.05, 0) is 12.1 Å². The van der Waals surface area contributed by atoms with Gasteiger partial charge in [-0.3, -0.25) is 0 Å². The zero-order valence-electron chi connectivity index (χ0n) is 12.9. The Bertz CT molecular complexity index is 894. The summed E-state index contributed by atoms with van der Waals surface area (Å²) in [5, 5.41) is 7.45. The maximum absolute atomic E-state index is 12.5. The fraction of sp³-hybridized carbons (Fsp3) is 0.455. The highest BCUT2D eigenvalue weighted by molar-refractivity contribution is 7.99. The van der Waals surface area contributed by atoms with Gasteiger partial charge in [0.05, 0.1) is 16.5 Å². The van der Waals surface area contributed by atoms with Gasteiger partial charge in [0, 0.05) is 12.8 Å². The van der Waals surface area contributed by atoms with Crippen LogP contribution >= 0.6 is 35.8 Å². The highest BCUT2D eigenvalue weighted by Gasteiger charge is 2.37. The van der Waals surface area contributed by atoms with E-state index in [1.807, 2.05) is 0 Å². The summed E-state index contributed by atoms with van der Waals surface area (Å²) in [6.45, 7) is 0. The maximum Gasteiger partial charge on any atom is 0.397 e. The summed E-state index contributed by atoms with van der Waals surface area (Å²) < 4.78 is 85.6. The van der Waals surface area contributed by atoms with Gasteiger partial charge in [-0.1, -0.05) is 11.6 Å². The van der Waals surface area contributed by atoms with E-state index in [9.17, 15) is 30.0 Å². The minimum atomic E-state index is -4.37. The Morgan fingerprint density at radius 2 is 1.96 bits per heavy atom. The molecule has 1 aromatic carbocycles. The zero-order valence-corrected chi connectivity index (χ0v) is 17.0. The lowest BCUT2D eigenvalue weighted by Crippen LogP contribution is -2.47. The first-order chi connectivity index (χ1) is 11.2. The molecule has 0 radical (unpaired) electrons. The quantitative estimate of drug-likeness (QED) is 0.689. The van der Waals surface area contributed by atoms with E-state index in [0.29, 0.717) is 11.8 Å². The highest BCUT2D eigenvalue weighted by atomic mass is 35.5. The molecule has 15 heteroatoms. The van der Waals surface area contributed by atoms with E-state index in [0.717, 1.165) is 16.4 Å². The van der Waals surface area contributed by atoms with E-state index >= 15 is 0 Å².